The number of hydrogen-bond acceptors (Lipinski definition) is 6. The normalized spacial score (nSPS) is 12.9. The van der Waals surface area contributed by atoms with E-state index in [1.54, 1.807) is 13.8 Å². The Kier molecular flexibility index (Phi) is 8.06. The van der Waals surface area contributed by atoms with E-state index in [4.69, 9.17) is 14.2 Å². The average molecular weight is 417 g/mol. The van der Waals surface area contributed by atoms with Crippen molar-refractivity contribution < 1.29 is 23.8 Å². The van der Waals surface area contributed by atoms with Crippen molar-refractivity contribution in [3.8, 4) is 11.5 Å². The molecule has 0 saturated carbocycles. The molecule has 2 atom stereocenters. The van der Waals surface area contributed by atoms with E-state index in [2.05, 4.69) is 10.3 Å². The van der Waals surface area contributed by atoms with Crippen molar-refractivity contribution in [1.29, 1.82) is 0 Å². The molecule has 0 amide bonds. The summed E-state index contributed by atoms with van der Waals surface area (Å²) in [5.74, 6) is 0.816. The van der Waals surface area contributed by atoms with E-state index in [1.165, 1.54) is 7.11 Å². The smallest absolute Gasteiger partial charge is 0.339 e. The van der Waals surface area contributed by atoms with Crippen molar-refractivity contribution in [1.82, 2.24) is 10.3 Å². The first-order valence-electron chi connectivity index (χ1n) is 10.2. The molecule has 2 aromatic rings. The molecule has 0 spiro atoms. The molecule has 0 aliphatic heterocycles. The molecule has 0 unspecified atom stereocenters. The number of H-pyrrole nitrogens is 1. The van der Waals surface area contributed by atoms with Gasteiger partial charge in [0.1, 0.15) is 0 Å². The van der Waals surface area contributed by atoms with Crippen LogP contribution >= 0.6 is 0 Å². The Morgan fingerprint density at radius 2 is 1.70 bits per heavy atom. The molecule has 1 heterocycles. The van der Waals surface area contributed by atoms with Gasteiger partial charge in [-0.2, -0.15) is 0 Å². The molecule has 2 N–H and O–H groups in total. The van der Waals surface area contributed by atoms with Gasteiger partial charge in [-0.15, -0.1) is 0 Å². The third-order valence-electron chi connectivity index (χ3n) is 5.03. The third kappa shape index (κ3) is 5.02. The zero-order valence-corrected chi connectivity index (χ0v) is 18.8. The molecule has 7 heteroatoms. The fourth-order valence-corrected chi connectivity index (χ4v) is 3.51. The Hall–Kier alpha value is -2.80. The molecule has 0 bridgehead atoms. The zero-order chi connectivity index (χ0) is 22.4. The first-order valence-corrected chi connectivity index (χ1v) is 10.2. The van der Waals surface area contributed by atoms with E-state index in [0.717, 1.165) is 5.56 Å². The Morgan fingerprint density at radius 3 is 2.30 bits per heavy atom. The van der Waals surface area contributed by atoms with Gasteiger partial charge in [0.25, 0.3) is 0 Å². The standard InChI is InChI=1S/C23H32N2O5/c1-8-29-18-11-10-17(12-19(18)30-9-2)14(4)24-16(6)22(26)21-13(3)20(15(5)25-21)23(27)28-7/h10-12,14,16,24-25H,8-9H2,1-7H3/t14-,16+/m0/s1. The predicted molar refractivity (Wildman–Crippen MR) is 116 cm³/mol. The van der Waals surface area contributed by atoms with E-state index < -0.39 is 12.0 Å². The van der Waals surface area contributed by atoms with Gasteiger partial charge < -0.3 is 24.5 Å². The van der Waals surface area contributed by atoms with Gasteiger partial charge in [0.15, 0.2) is 17.3 Å². The fourth-order valence-electron chi connectivity index (χ4n) is 3.51. The summed E-state index contributed by atoms with van der Waals surface area (Å²) in [6.07, 6.45) is 0. The summed E-state index contributed by atoms with van der Waals surface area (Å²) in [7, 11) is 1.33. The number of aromatic amines is 1. The number of ether oxygens (including phenoxy) is 3. The zero-order valence-electron chi connectivity index (χ0n) is 18.8. The van der Waals surface area contributed by atoms with Crippen LogP contribution in [-0.2, 0) is 4.74 Å². The Bertz CT molecular complexity index is 903. The van der Waals surface area contributed by atoms with Gasteiger partial charge >= 0.3 is 5.97 Å². The van der Waals surface area contributed by atoms with Crippen LogP contribution in [0.3, 0.4) is 0 Å². The monoisotopic (exact) mass is 416 g/mol. The predicted octanol–water partition coefficient (Wildman–Crippen LogP) is 4.14. The van der Waals surface area contributed by atoms with Crippen LogP contribution in [0.15, 0.2) is 18.2 Å². The van der Waals surface area contributed by atoms with Crippen LogP contribution in [0.5, 0.6) is 11.5 Å². The van der Waals surface area contributed by atoms with Gasteiger partial charge in [0, 0.05) is 11.7 Å². The van der Waals surface area contributed by atoms with Crippen molar-refractivity contribution in [2.24, 2.45) is 0 Å². The van der Waals surface area contributed by atoms with E-state index in [1.807, 2.05) is 45.9 Å². The van der Waals surface area contributed by atoms with E-state index >= 15 is 0 Å². The first-order chi connectivity index (χ1) is 14.2. The van der Waals surface area contributed by atoms with Gasteiger partial charge in [-0.25, -0.2) is 4.79 Å². The maximum Gasteiger partial charge on any atom is 0.339 e. The van der Waals surface area contributed by atoms with Gasteiger partial charge in [-0.3, -0.25) is 4.79 Å². The van der Waals surface area contributed by atoms with Crippen molar-refractivity contribution in [3.63, 3.8) is 0 Å². The number of nitrogens with one attached hydrogen (secondary N) is 2. The quantitative estimate of drug-likeness (QED) is 0.447. The number of aryl methyl sites for hydroxylation is 1. The van der Waals surface area contributed by atoms with E-state index in [0.29, 0.717) is 47.2 Å². The number of hydrogen-bond donors (Lipinski definition) is 2. The number of esters is 1. The highest BCUT2D eigenvalue weighted by molar-refractivity contribution is 6.03. The van der Waals surface area contributed by atoms with Gasteiger partial charge in [-0.05, 0) is 64.8 Å². The number of carbonyl (C=O) groups is 2. The summed E-state index contributed by atoms with van der Waals surface area (Å²) >= 11 is 0. The number of ketones is 1. The molecule has 1 aromatic heterocycles. The molecule has 0 fully saturated rings. The molecule has 0 aliphatic carbocycles. The summed E-state index contributed by atoms with van der Waals surface area (Å²) in [4.78, 5) is 28.1. The molecular weight excluding hydrogens is 384 g/mol. The molecular formula is C23H32N2O5. The number of rotatable bonds is 10. The lowest BCUT2D eigenvalue weighted by Crippen LogP contribution is -2.36. The largest absolute Gasteiger partial charge is 0.490 e. The van der Waals surface area contributed by atoms with Crippen molar-refractivity contribution >= 4 is 11.8 Å². The maximum absolute atomic E-state index is 13.0. The van der Waals surface area contributed by atoms with Crippen LogP contribution in [0.1, 0.15) is 71.4 Å². The molecule has 164 valence electrons. The molecule has 0 radical (unpaired) electrons. The van der Waals surface area contributed by atoms with Crippen LogP contribution in [0.2, 0.25) is 0 Å². The second-order valence-electron chi connectivity index (χ2n) is 7.16. The third-order valence-corrected chi connectivity index (χ3v) is 5.03. The minimum Gasteiger partial charge on any atom is -0.490 e. The van der Waals surface area contributed by atoms with Crippen LogP contribution < -0.4 is 14.8 Å². The SMILES string of the molecule is CCOc1ccc([C@H](C)N[C@H](C)C(=O)c2[nH]c(C)c(C(=O)OC)c2C)cc1OCC. The Labute approximate surface area is 178 Å². The number of methoxy groups -OCH3 is 1. The Morgan fingerprint density at radius 1 is 1.07 bits per heavy atom. The molecule has 2 rings (SSSR count). The van der Waals surface area contributed by atoms with Gasteiger partial charge in [0.05, 0.1) is 37.6 Å². The van der Waals surface area contributed by atoms with Crippen LogP contribution in [0.25, 0.3) is 0 Å². The van der Waals surface area contributed by atoms with Crippen molar-refractivity contribution in [2.75, 3.05) is 20.3 Å². The number of Topliss-reactive ketones (excluding diaryl/α,β-unsaturated/α-hetero) is 1. The minimum absolute atomic E-state index is 0.102. The summed E-state index contributed by atoms with van der Waals surface area (Å²) < 4.78 is 16.1. The molecule has 7 nitrogen and oxygen atoms in total. The molecule has 1 aromatic carbocycles. The molecule has 30 heavy (non-hydrogen) atoms. The number of benzene rings is 1. The van der Waals surface area contributed by atoms with Crippen LogP contribution in [0.4, 0.5) is 0 Å². The second-order valence-corrected chi connectivity index (χ2v) is 7.16. The summed E-state index contributed by atoms with van der Waals surface area (Å²) in [5, 5.41) is 3.33. The van der Waals surface area contributed by atoms with Crippen molar-refractivity contribution in [3.05, 3.63) is 46.3 Å². The summed E-state index contributed by atoms with van der Waals surface area (Å²) in [6.45, 7) is 12.2. The maximum atomic E-state index is 13.0. The molecule has 0 saturated heterocycles. The minimum atomic E-state index is -0.468. The highest BCUT2D eigenvalue weighted by Gasteiger charge is 2.26. The highest BCUT2D eigenvalue weighted by Crippen LogP contribution is 2.31. The number of aromatic nitrogens is 1. The topological polar surface area (TPSA) is 89.7 Å². The lowest BCUT2D eigenvalue weighted by atomic mass is 10.0. The van der Waals surface area contributed by atoms with E-state index in [-0.39, 0.29) is 11.8 Å². The summed E-state index contributed by atoms with van der Waals surface area (Å²) in [5.41, 5.74) is 3.04. The lowest BCUT2D eigenvalue weighted by Gasteiger charge is -2.21. The summed E-state index contributed by atoms with van der Waals surface area (Å²) in [6, 6.07) is 5.21. The van der Waals surface area contributed by atoms with Crippen LogP contribution in [-0.4, -0.2) is 43.1 Å². The second kappa shape index (κ2) is 10.3. The lowest BCUT2D eigenvalue weighted by molar-refractivity contribution is 0.0599. The van der Waals surface area contributed by atoms with E-state index in [9.17, 15) is 9.59 Å². The first kappa shape index (κ1) is 23.5. The van der Waals surface area contributed by atoms with Crippen molar-refractivity contribution in [2.45, 2.75) is 53.6 Å². The fraction of sp³-hybridized carbons (Fsp3) is 0.478. The van der Waals surface area contributed by atoms with Gasteiger partial charge in [-0.1, -0.05) is 6.07 Å². The average Bonchev–Trinajstić information content (AvgIpc) is 3.02. The highest BCUT2D eigenvalue weighted by atomic mass is 16.5. The molecule has 0 aliphatic rings. The number of carbonyl (C=O) groups excluding carboxylic acids is 2. The van der Waals surface area contributed by atoms with Crippen LogP contribution in [0, 0.1) is 13.8 Å². The Balaban J connectivity index is 2.19. The van der Waals surface area contributed by atoms with Gasteiger partial charge in [0.2, 0.25) is 0 Å².